The molecule has 0 aliphatic carbocycles. The van der Waals surface area contributed by atoms with Crippen LogP contribution in [0, 0.1) is 16.0 Å². The minimum atomic E-state index is -0.416. The van der Waals surface area contributed by atoms with Crippen molar-refractivity contribution in [2.24, 2.45) is 10.9 Å². The quantitative estimate of drug-likeness (QED) is 0.274. The molecule has 1 aromatic carbocycles. The first-order valence-electron chi connectivity index (χ1n) is 8.98. The van der Waals surface area contributed by atoms with Crippen LogP contribution in [0.4, 0.5) is 5.69 Å². The number of aliphatic imine (C=N–C) groups is 1. The molecular formula is C18H26N4O4. The molecule has 8 nitrogen and oxygen atoms in total. The van der Waals surface area contributed by atoms with Crippen LogP contribution < -0.4 is 5.32 Å². The van der Waals surface area contributed by atoms with Gasteiger partial charge in [-0.25, -0.2) is 4.99 Å². The van der Waals surface area contributed by atoms with Crippen molar-refractivity contribution in [1.29, 1.82) is 0 Å². The first-order chi connectivity index (χ1) is 12.5. The number of esters is 1. The first kappa shape index (κ1) is 19.7. The molecule has 1 atom stereocenters. The predicted octanol–water partition coefficient (Wildman–Crippen LogP) is 2.34. The number of likely N-dealkylation sites (tertiary alicyclic amines) is 1. The molecule has 0 spiro atoms. The Kier molecular flexibility index (Phi) is 7.37. The van der Waals surface area contributed by atoms with Crippen molar-refractivity contribution < 1.29 is 14.5 Å². The van der Waals surface area contributed by atoms with Crippen LogP contribution in [0.5, 0.6) is 0 Å². The summed E-state index contributed by atoms with van der Waals surface area (Å²) < 4.78 is 5.15. The number of hydrogen-bond acceptors (Lipinski definition) is 5. The zero-order valence-electron chi connectivity index (χ0n) is 15.3. The number of nitro benzene ring substituents is 1. The Balaban J connectivity index is 2.05. The standard InChI is InChI=1S/C18H26N4O4/c1-3-19-18(20-12-14-7-9-16(10-8-14)22(24)25)21-11-5-6-15(13-21)17(23)26-4-2/h7-10,15H,3-6,11-13H2,1-2H3,(H,19,20). The molecule has 1 aliphatic rings. The highest BCUT2D eigenvalue weighted by molar-refractivity contribution is 5.81. The molecule has 1 fully saturated rings. The maximum atomic E-state index is 12.0. The normalized spacial score (nSPS) is 17.7. The number of guanidine groups is 1. The third-order valence-corrected chi connectivity index (χ3v) is 4.23. The SMILES string of the molecule is CCNC(=NCc1ccc([N+](=O)[O-])cc1)N1CCCC(C(=O)OCC)C1. The summed E-state index contributed by atoms with van der Waals surface area (Å²) in [6, 6.07) is 6.39. The van der Waals surface area contributed by atoms with E-state index >= 15 is 0 Å². The van der Waals surface area contributed by atoms with Gasteiger partial charge in [0.25, 0.3) is 5.69 Å². The summed E-state index contributed by atoms with van der Waals surface area (Å²) in [7, 11) is 0. The maximum Gasteiger partial charge on any atom is 0.310 e. The van der Waals surface area contributed by atoms with Crippen molar-refractivity contribution in [3.8, 4) is 0 Å². The summed E-state index contributed by atoms with van der Waals surface area (Å²) in [5.41, 5.74) is 0.961. The Morgan fingerprint density at radius 3 is 2.73 bits per heavy atom. The maximum absolute atomic E-state index is 12.0. The second-order valence-electron chi connectivity index (χ2n) is 6.13. The van der Waals surface area contributed by atoms with Gasteiger partial charge in [-0.3, -0.25) is 14.9 Å². The Bertz CT molecular complexity index is 645. The fourth-order valence-corrected chi connectivity index (χ4v) is 2.94. The largest absolute Gasteiger partial charge is 0.466 e. The van der Waals surface area contributed by atoms with E-state index in [0.29, 0.717) is 19.7 Å². The molecule has 1 aromatic rings. The second kappa shape index (κ2) is 9.74. The van der Waals surface area contributed by atoms with Gasteiger partial charge in [0.05, 0.1) is 24.0 Å². The van der Waals surface area contributed by atoms with Crippen molar-refractivity contribution in [3.05, 3.63) is 39.9 Å². The van der Waals surface area contributed by atoms with Crippen LogP contribution >= 0.6 is 0 Å². The molecule has 1 unspecified atom stereocenters. The van der Waals surface area contributed by atoms with E-state index in [1.54, 1.807) is 12.1 Å². The average molecular weight is 362 g/mol. The monoisotopic (exact) mass is 362 g/mol. The van der Waals surface area contributed by atoms with Crippen molar-refractivity contribution in [3.63, 3.8) is 0 Å². The van der Waals surface area contributed by atoms with Crippen LogP contribution in [-0.4, -0.2) is 48.0 Å². The molecule has 1 aliphatic heterocycles. The van der Waals surface area contributed by atoms with E-state index in [9.17, 15) is 14.9 Å². The Hall–Kier alpha value is -2.64. The van der Waals surface area contributed by atoms with Gasteiger partial charge < -0.3 is 15.0 Å². The van der Waals surface area contributed by atoms with Gasteiger partial charge in [-0.2, -0.15) is 0 Å². The van der Waals surface area contributed by atoms with Crippen LogP contribution in [0.25, 0.3) is 0 Å². The highest BCUT2D eigenvalue weighted by atomic mass is 16.6. The van der Waals surface area contributed by atoms with Gasteiger partial charge in [-0.1, -0.05) is 12.1 Å². The van der Waals surface area contributed by atoms with E-state index in [-0.39, 0.29) is 17.6 Å². The molecule has 26 heavy (non-hydrogen) atoms. The average Bonchev–Trinajstić information content (AvgIpc) is 2.65. The van der Waals surface area contributed by atoms with E-state index in [0.717, 1.165) is 37.5 Å². The molecule has 0 aromatic heterocycles. The van der Waals surface area contributed by atoms with Gasteiger partial charge in [0.2, 0.25) is 0 Å². The Morgan fingerprint density at radius 2 is 2.12 bits per heavy atom. The third kappa shape index (κ3) is 5.44. The van der Waals surface area contributed by atoms with Gasteiger partial charge in [-0.05, 0) is 32.3 Å². The zero-order chi connectivity index (χ0) is 18.9. The number of benzene rings is 1. The van der Waals surface area contributed by atoms with E-state index in [2.05, 4.69) is 15.2 Å². The number of nitrogens with zero attached hydrogens (tertiary/aromatic N) is 3. The minimum Gasteiger partial charge on any atom is -0.466 e. The van der Waals surface area contributed by atoms with Crippen LogP contribution in [0.15, 0.2) is 29.3 Å². The molecule has 2 rings (SSSR count). The molecule has 0 bridgehead atoms. The first-order valence-corrected chi connectivity index (χ1v) is 8.98. The smallest absolute Gasteiger partial charge is 0.310 e. The van der Waals surface area contributed by atoms with Crippen molar-refractivity contribution >= 4 is 17.6 Å². The third-order valence-electron chi connectivity index (χ3n) is 4.23. The minimum absolute atomic E-state index is 0.0675. The molecule has 0 radical (unpaired) electrons. The molecule has 0 saturated carbocycles. The summed E-state index contributed by atoms with van der Waals surface area (Å²) in [6.45, 7) is 6.76. The van der Waals surface area contributed by atoms with Crippen LogP contribution in [0.3, 0.4) is 0 Å². The Morgan fingerprint density at radius 1 is 1.38 bits per heavy atom. The van der Waals surface area contributed by atoms with Crippen molar-refractivity contribution in [2.45, 2.75) is 33.2 Å². The highest BCUT2D eigenvalue weighted by Crippen LogP contribution is 2.18. The van der Waals surface area contributed by atoms with E-state index in [1.807, 2.05) is 13.8 Å². The van der Waals surface area contributed by atoms with E-state index in [1.165, 1.54) is 12.1 Å². The number of piperidine rings is 1. The number of hydrogen-bond donors (Lipinski definition) is 1. The van der Waals surface area contributed by atoms with Gasteiger partial charge in [0.1, 0.15) is 0 Å². The molecule has 0 amide bonds. The fraction of sp³-hybridized carbons (Fsp3) is 0.556. The summed E-state index contributed by atoms with van der Waals surface area (Å²) in [5, 5.41) is 14.0. The number of carbonyl (C=O) groups is 1. The summed E-state index contributed by atoms with van der Waals surface area (Å²) in [6.07, 6.45) is 1.74. The lowest BCUT2D eigenvalue weighted by molar-refractivity contribution is -0.384. The molecule has 1 N–H and O–H groups in total. The molecule has 142 valence electrons. The lowest BCUT2D eigenvalue weighted by Crippen LogP contribution is -2.48. The lowest BCUT2D eigenvalue weighted by Gasteiger charge is -2.34. The van der Waals surface area contributed by atoms with Crippen molar-refractivity contribution in [1.82, 2.24) is 10.2 Å². The summed E-state index contributed by atoms with van der Waals surface area (Å²) in [4.78, 5) is 29.1. The lowest BCUT2D eigenvalue weighted by atomic mass is 9.98. The number of rotatable bonds is 6. The predicted molar refractivity (Wildman–Crippen MR) is 98.8 cm³/mol. The van der Waals surface area contributed by atoms with E-state index in [4.69, 9.17) is 4.74 Å². The van der Waals surface area contributed by atoms with Crippen LogP contribution in [0.2, 0.25) is 0 Å². The molecule has 1 heterocycles. The van der Waals surface area contributed by atoms with Gasteiger partial charge in [0.15, 0.2) is 5.96 Å². The van der Waals surface area contributed by atoms with Gasteiger partial charge >= 0.3 is 5.97 Å². The number of carbonyl (C=O) groups excluding carboxylic acids is 1. The highest BCUT2D eigenvalue weighted by Gasteiger charge is 2.28. The fourth-order valence-electron chi connectivity index (χ4n) is 2.94. The zero-order valence-corrected chi connectivity index (χ0v) is 15.3. The molecule has 1 saturated heterocycles. The number of nitrogens with one attached hydrogen (secondary N) is 1. The molecule has 8 heteroatoms. The number of ether oxygens (including phenoxy) is 1. The van der Waals surface area contributed by atoms with Crippen LogP contribution in [0.1, 0.15) is 32.3 Å². The number of nitro groups is 1. The molecular weight excluding hydrogens is 336 g/mol. The van der Waals surface area contributed by atoms with Gasteiger partial charge in [-0.15, -0.1) is 0 Å². The summed E-state index contributed by atoms with van der Waals surface area (Å²) in [5.74, 6) is 0.468. The topological polar surface area (TPSA) is 97.1 Å². The Labute approximate surface area is 153 Å². The van der Waals surface area contributed by atoms with Crippen molar-refractivity contribution in [2.75, 3.05) is 26.2 Å². The second-order valence-corrected chi connectivity index (χ2v) is 6.13. The van der Waals surface area contributed by atoms with E-state index < -0.39 is 4.92 Å². The van der Waals surface area contributed by atoms with Crippen LogP contribution in [-0.2, 0) is 16.1 Å². The number of non-ortho nitro benzene ring substituents is 1. The van der Waals surface area contributed by atoms with Gasteiger partial charge in [0, 0.05) is 31.8 Å². The summed E-state index contributed by atoms with van der Waals surface area (Å²) >= 11 is 0.